The van der Waals surface area contributed by atoms with Crippen LogP contribution in [0.1, 0.15) is 54.1 Å². The van der Waals surface area contributed by atoms with E-state index < -0.39 is 16.1 Å². The van der Waals surface area contributed by atoms with Gasteiger partial charge in [0, 0.05) is 0 Å². The van der Waals surface area contributed by atoms with Gasteiger partial charge in [-0.1, -0.05) is 31.2 Å². The van der Waals surface area contributed by atoms with Crippen LogP contribution in [0.25, 0.3) is 0 Å². The number of aryl methyl sites for hydroxylation is 4. The van der Waals surface area contributed by atoms with Crippen LogP contribution in [0.3, 0.4) is 0 Å². The monoisotopic (exact) mass is 416 g/mol. The average molecular weight is 417 g/mol. The maximum absolute atomic E-state index is 13.1. The van der Waals surface area contributed by atoms with E-state index in [1.165, 1.54) is 9.87 Å². The molecule has 2 rings (SSSR count). The molecule has 0 bridgehead atoms. The van der Waals surface area contributed by atoms with E-state index in [2.05, 4.69) is 18.3 Å². The number of nitrogens with zero attached hydrogens (tertiary/aromatic N) is 1. The van der Waals surface area contributed by atoms with Crippen LogP contribution < -0.4 is 9.62 Å². The molecule has 0 spiro atoms. The first-order valence-corrected chi connectivity index (χ1v) is 11.7. The average Bonchev–Trinajstić information content (AvgIpc) is 2.60. The van der Waals surface area contributed by atoms with Crippen molar-refractivity contribution in [2.45, 2.75) is 60.0 Å². The first kappa shape index (κ1) is 22.9. The van der Waals surface area contributed by atoms with Gasteiger partial charge in [-0.3, -0.25) is 9.10 Å². The maximum atomic E-state index is 13.1. The van der Waals surface area contributed by atoms with Crippen molar-refractivity contribution in [3.05, 3.63) is 64.2 Å². The molecule has 0 unspecified atom stereocenters. The minimum atomic E-state index is -3.64. The van der Waals surface area contributed by atoms with Crippen LogP contribution in [0, 0.1) is 27.7 Å². The van der Waals surface area contributed by atoms with E-state index in [4.69, 9.17) is 0 Å². The topological polar surface area (TPSA) is 66.5 Å². The quantitative estimate of drug-likeness (QED) is 0.730. The summed E-state index contributed by atoms with van der Waals surface area (Å²) in [5, 5.41) is 3.04. The highest BCUT2D eigenvalue weighted by atomic mass is 32.2. The third-order valence-corrected chi connectivity index (χ3v) is 6.45. The van der Waals surface area contributed by atoms with Gasteiger partial charge in [0.25, 0.3) is 0 Å². The van der Waals surface area contributed by atoms with Crippen LogP contribution in [0.5, 0.6) is 0 Å². The van der Waals surface area contributed by atoms with E-state index >= 15 is 0 Å². The third kappa shape index (κ3) is 5.60. The molecule has 0 saturated carbocycles. The van der Waals surface area contributed by atoms with Crippen molar-refractivity contribution in [2.24, 2.45) is 0 Å². The van der Waals surface area contributed by atoms with Gasteiger partial charge in [-0.25, -0.2) is 8.42 Å². The first-order chi connectivity index (χ1) is 13.4. The predicted octanol–water partition coefficient (Wildman–Crippen LogP) is 4.34. The van der Waals surface area contributed by atoms with Crippen molar-refractivity contribution in [3.8, 4) is 0 Å². The van der Waals surface area contributed by atoms with Gasteiger partial charge in [0.2, 0.25) is 15.9 Å². The Labute approximate surface area is 175 Å². The second-order valence-electron chi connectivity index (χ2n) is 7.89. The summed E-state index contributed by atoms with van der Waals surface area (Å²) in [5.41, 5.74) is 5.78. The zero-order valence-electron chi connectivity index (χ0n) is 18.4. The van der Waals surface area contributed by atoms with Crippen molar-refractivity contribution < 1.29 is 13.2 Å². The number of nitrogens with one attached hydrogen (secondary N) is 1. The van der Waals surface area contributed by atoms with Crippen LogP contribution in [-0.4, -0.2) is 26.6 Å². The molecular formula is C23H32N2O3S. The van der Waals surface area contributed by atoms with Gasteiger partial charge in [-0.2, -0.15) is 0 Å². The molecule has 6 heteroatoms. The largest absolute Gasteiger partial charge is 0.347 e. The Bertz CT molecular complexity index is 979. The molecule has 29 heavy (non-hydrogen) atoms. The van der Waals surface area contributed by atoms with Gasteiger partial charge in [0.1, 0.15) is 6.04 Å². The minimum Gasteiger partial charge on any atom is -0.347 e. The number of rotatable bonds is 7. The molecule has 0 aliphatic heterocycles. The van der Waals surface area contributed by atoms with Gasteiger partial charge >= 0.3 is 0 Å². The van der Waals surface area contributed by atoms with Gasteiger partial charge in [0.05, 0.1) is 18.0 Å². The molecule has 2 aromatic rings. The van der Waals surface area contributed by atoms with E-state index in [-0.39, 0.29) is 11.9 Å². The summed E-state index contributed by atoms with van der Waals surface area (Å²) in [5.74, 6) is -0.320. The number of carbonyl (C=O) groups excluding carboxylic acids is 1. The van der Waals surface area contributed by atoms with Crippen molar-refractivity contribution >= 4 is 21.6 Å². The highest BCUT2D eigenvalue weighted by molar-refractivity contribution is 7.92. The van der Waals surface area contributed by atoms with E-state index in [9.17, 15) is 13.2 Å². The van der Waals surface area contributed by atoms with Crippen molar-refractivity contribution in [2.75, 3.05) is 10.6 Å². The normalized spacial score (nSPS) is 13.6. The molecule has 0 aliphatic rings. The Kier molecular flexibility index (Phi) is 7.11. The summed E-state index contributed by atoms with van der Waals surface area (Å²) in [6.45, 7) is 11.5. The molecule has 158 valence electrons. The lowest BCUT2D eigenvalue weighted by Crippen LogP contribution is -2.48. The zero-order chi connectivity index (χ0) is 21.9. The number of hydrogen-bond donors (Lipinski definition) is 1. The van der Waals surface area contributed by atoms with Crippen molar-refractivity contribution in [3.63, 3.8) is 0 Å². The second kappa shape index (κ2) is 8.99. The van der Waals surface area contributed by atoms with Crippen LogP contribution in [0.4, 0.5) is 5.69 Å². The lowest BCUT2D eigenvalue weighted by atomic mass is 9.99. The Morgan fingerprint density at radius 3 is 2.07 bits per heavy atom. The Morgan fingerprint density at radius 2 is 1.59 bits per heavy atom. The number of sulfonamides is 1. The number of hydrogen-bond acceptors (Lipinski definition) is 3. The summed E-state index contributed by atoms with van der Waals surface area (Å²) >= 11 is 0. The highest BCUT2D eigenvalue weighted by Crippen LogP contribution is 2.25. The van der Waals surface area contributed by atoms with Gasteiger partial charge in [0.15, 0.2) is 0 Å². The highest BCUT2D eigenvalue weighted by Gasteiger charge is 2.30. The summed E-state index contributed by atoms with van der Waals surface area (Å²) in [7, 11) is -3.64. The van der Waals surface area contributed by atoms with Crippen LogP contribution >= 0.6 is 0 Å². The minimum absolute atomic E-state index is 0.176. The number of amides is 1. The second-order valence-corrected chi connectivity index (χ2v) is 9.75. The summed E-state index contributed by atoms with van der Waals surface area (Å²) < 4.78 is 26.3. The molecule has 1 amide bonds. The number of carbonyl (C=O) groups is 1. The smallest absolute Gasteiger partial charge is 0.244 e. The number of anilines is 1. The molecule has 0 saturated heterocycles. The van der Waals surface area contributed by atoms with E-state index in [1.807, 2.05) is 45.9 Å². The summed E-state index contributed by atoms with van der Waals surface area (Å²) in [6.07, 6.45) is 1.85. The zero-order valence-corrected chi connectivity index (χ0v) is 19.2. The molecular weight excluding hydrogens is 384 g/mol. The molecule has 5 nitrogen and oxygen atoms in total. The van der Waals surface area contributed by atoms with E-state index in [0.717, 1.165) is 28.5 Å². The van der Waals surface area contributed by atoms with Crippen molar-refractivity contribution in [1.29, 1.82) is 0 Å². The standard InChI is InChI=1S/C23H32N2O3S/c1-8-22(20-10-9-17(4)18(5)14-20)24-23(26)19(6)25(29(7,27)28)21-12-15(2)11-16(3)13-21/h9-14,19,22H,8H2,1-7H3,(H,24,26)/t19-,22-/m1/s1. The fourth-order valence-electron chi connectivity index (χ4n) is 3.58. The Balaban J connectivity index is 2.34. The SMILES string of the molecule is CC[C@@H](NC(=O)[C@@H](C)N(c1cc(C)cc(C)c1)S(C)(=O)=O)c1ccc(C)c(C)c1. The molecule has 0 radical (unpaired) electrons. The fraction of sp³-hybridized carbons (Fsp3) is 0.435. The lowest BCUT2D eigenvalue weighted by Gasteiger charge is -2.30. The number of benzene rings is 2. The summed E-state index contributed by atoms with van der Waals surface area (Å²) in [6, 6.07) is 10.6. The van der Waals surface area contributed by atoms with Crippen LogP contribution in [-0.2, 0) is 14.8 Å². The Hall–Kier alpha value is -2.34. The molecule has 0 fully saturated rings. The van der Waals surface area contributed by atoms with Crippen molar-refractivity contribution in [1.82, 2.24) is 5.32 Å². The van der Waals surface area contributed by atoms with Gasteiger partial charge in [-0.05, 0) is 81.0 Å². The maximum Gasteiger partial charge on any atom is 0.244 e. The Morgan fingerprint density at radius 1 is 1.00 bits per heavy atom. The van der Waals surface area contributed by atoms with E-state index in [1.54, 1.807) is 19.1 Å². The van der Waals surface area contributed by atoms with Gasteiger partial charge < -0.3 is 5.32 Å². The van der Waals surface area contributed by atoms with Gasteiger partial charge in [-0.15, -0.1) is 0 Å². The van der Waals surface area contributed by atoms with Crippen LogP contribution in [0.15, 0.2) is 36.4 Å². The predicted molar refractivity (Wildman–Crippen MR) is 120 cm³/mol. The molecule has 0 heterocycles. The fourth-order valence-corrected chi connectivity index (χ4v) is 4.74. The van der Waals surface area contributed by atoms with Crippen LogP contribution in [0.2, 0.25) is 0 Å². The molecule has 2 atom stereocenters. The third-order valence-electron chi connectivity index (χ3n) is 5.21. The molecule has 0 aromatic heterocycles. The van der Waals surface area contributed by atoms with E-state index in [0.29, 0.717) is 12.1 Å². The molecule has 0 aliphatic carbocycles. The molecule has 1 N–H and O–H groups in total. The molecule has 2 aromatic carbocycles. The first-order valence-electron chi connectivity index (χ1n) is 9.89. The summed E-state index contributed by atoms with van der Waals surface area (Å²) in [4.78, 5) is 13.1. The lowest BCUT2D eigenvalue weighted by molar-refractivity contribution is -0.122.